The van der Waals surface area contributed by atoms with E-state index in [1.165, 1.54) is 0 Å². The molecule has 1 aromatic rings. The Labute approximate surface area is 133 Å². The van der Waals surface area contributed by atoms with Crippen LogP contribution in [0.3, 0.4) is 0 Å². The SMILES string of the molecule is CC(C)CNCCCC(C)Oc1ccc(Br)cc1Br. The summed E-state index contributed by atoms with van der Waals surface area (Å²) >= 11 is 6.96. The molecule has 2 nitrogen and oxygen atoms in total. The normalized spacial score (nSPS) is 12.7. The summed E-state index contributed by atoms with van der Waals surface area (Å²) in [4.78, 5) is 0. The van der Waals surface area contributed by atoms with Gasteiger partial charge in [0.2, 0.25) is 0 Å². The summed E-state index contributed by atoms with van der Waals surface area (Å²) in [6, 6.07) is 5.99. The van der Waals surface area contributed by atoms with Crippen LogP contribution in [0.5, 0.6) is 5.75 Å². The van der Waals surface area contributed by atoms with Gasteiger partial charge in [0.15, 0.2) is 0 Å². The maximum absolute atomic E-state index is 5.93. The van der Waals surface area contributed by atoms with Crippen LogP contribution in [-0.2, 0) is 0 Å². The van der Waals surface area contributed by atoms with Gasteiger partial charge < -0.3 is 10.1 Å². The van der Waals surface area contributed by atoms with Crippen LogP contribution in [0.4, 0.5) is 0 Å². The average Bonchev–Trinajstić information content (AvgIpc) is 2.32. The van der Waals surface area contributed by atoms with Crippen LogP contribution in [0.2, 0.25) is 0 Å². The minimum absolute atomic E-state index is 0.235. The lowest BCUT2D eigenvalue weighted by Gasteiger charge is -2.16. The maximum Gasteiger partial charge on any atom is 0.133 e. The summed E-state index contributed by atoms with van der Waals surface area (Å²) in [7, 11) is 0. The van der Waals surface area contributed by atoms with E-state index in [0.717, 1.165) is 40.6 Å². The molecule has 1 aromatic carbocycles. The second kappa shape index (κ2) is 8.98. The van der Waals surface area contributed by atoms with Gasteiger partial charge in [-0.05, 0) is 72.9 Å². The van der Waals surface area contributed by atoms with Gasteiger partial charge in [-0.25, -0.2) is 0 Å². The highest BCUT2D eigenvalue weighted by molar-refractivity contribution is 9.11. The first-order valence-corrected chi connectivity index (χ1v) is 8.40. The van der Waals surface area contributed by atoms with Gasteiger partial charge >= 0.3 is 0 Å². The zero-order valence-electron chi connectivity index (χ0n) is 11.9. The van der Waals surface area contributed by atoms with Crippen molar-refractivity contribution in [3.63, 3.8) is 0 Å². The molecule has 19 heavy (non-hydrogen) atoms. The molecule has 1 N–H and O–H groups in total. The van der Waals surface area contributed by atoms with Crippen molar-refractivity contribution in [2.45, 2.75) is 39.7 Å². The molecule has 0 aromatic heterocycles. The molecule has 1 atom stereocenters. The van der Waals surface area contributed by atoms with Gasteiger partial charge in [0.25, 0.3) is 0 Å². The van der Waals surface area contributed by atoms with Gasteiger partial charge in [0, 0.05) is 4.47 Å². The summed E-state index contributed by atoms with van der Waals surface area (Å²) in [5, 5.41) is 3.45. The van der Waals surface area contributed by atoms with E-state index < -0.39 is 0 Å². The van der Waals surface area contributed by atoms with E-state index >= 15 is 0 Å². The molecule has 0 saturated heterocycles. The fourth-order valence-electron chi connectivity index (χ4n) is 1.75. The lowest BCUT2D eigenvalue weighted by atomic mass is 10.2. The highest BCUT2D eigenvalue weighted by Crippen LogP contribution is 2.29. The molecule has 4 heteroatoms. The van der Waals surface area contributed by atoms with Crippen LogP contribution in [0.25, 0.3) is 0 Å². The molecule has 0 aliphatic carbocycles. The summed E-state index contributed by atoms with van der Waals surface area (Å²) in [6.07, 6.45) is 2.44. The van der Waals surface area contributed by atoms with Crippen molar-refractivity contribution in [2.24, 2.45) is 5.92 Å². The zero-order chi connectivity index (χ0) is 14.3. The molecule has 0 spiro atoms. The third kappa shape index (κ3) is 7.33. The number of ether oxygens (including phenoxy) is 1. The Kier molecular flexibility index (Phi) is 8.03. The maximum atomic E-state index is 5.93. The van der Waals surface area contributed by atoms with Crippen molar-refractivity contribution >= 4 is 31.9 Å². The van der Waals surface area contributed by atoms with Crippen molar-refractivity contribution in [1.82, 2.24) is 5.32 Å². The van der Waals surface area contributed by atoms with E-state index in [9.17, 15) is 0 Å². The van der Waals surface area contributed by atoms with Crippen molar-refractivity contribution in [3.8, 4) is 5.75 Å². The number of benzene rings is 1. The molecular formula is C15H23Br2NO. The summed E-state index contributed by atoms with van der Waals surface area (Å²) < 4.78 is 7.98. The van der Waals surface area contributed by atoms with Crippen LogP contribution in [0.1, 0.15) is 33.6 Å². The quantitative estimate of drug-likeness (QED) is 0.628. The highest BCUT2D eigenvalue weighted by atomic mass is 79.9. The number of halogens is 2. The van der Waals surface area contributed by atoms with E-state index in [2.05, 4.69) is 57.9 Å². The van der Waals surface area contributed by atoms with Crippen molar-refractivity contribution in [1.29, 1.82) is 0 Å². The number of rotatable bonds is 8. The molecule has 0 aliphatic heterocycles. The van der Waals surface area contributed by atoms with Gasteiger partial charge in [0.1, 0.15) is 5.75 Å². The molecule has 0 radical (unpaired) electrons. The zero-order valence-corrected chi connectivity index (χ0v) is 15.1. The molecule has 0 bridgehead atoms. The second-order valence-electron chi connectivity index (χ2n) is 5.24. The summed E-state index contributed by atoms with van der Waals surface area (Å²) in [5.74, 6) is 1.62. The summed E-state index contributed by atoms with van der Waals surface area (Å²) in [6.45, 7) is 8.73. The molecule has 0 heterocycles. The second-order valence-corrected chi connectivity index (χ2v) is 7.01. The van der Waals surface area contributed by atoms with E-state index in [0.29, 0.717) is 5.92 Å². The van der Waals surface area contributed by atoms with Crippen LogP contribution < -0.4 is 10.1 Å². The molecule has 0 fully saturated rings. The first-order valence-electron chi connectivity index (χ1n) is 6.81. The molecule has 0 amide bonds. The Morgan fingerprint density at radius 2 is 1.95 bits per heavy atom. The fraction of sp³-hybridized carbons (Fsp3) is 0.600. The van der Waals surface area contributed by atoms with Crippen molar-refractivity contribution in [3.05, 3.63) is 27.1 Å². The van der Waals surface area contributed by atoms with Crippen LogP contribution in [-0.4, -0.2) is 19.2 Å². The lowest BCUT2D eigenvalue weighted by molar-refractivity contribution is 0.206. The minimum atomic E-state index is 0.235. The van der Waals surface area contributed by atoms with Crippen molar-refractivity contribution < 1.29 is 4.74 Å². The number of nitrogens with one attached hydrogen (secondary N) is 1. The lowest BCUT2D eigenvalue weighted by Crippen LogP contribution is -2.22. The average molecular weight is 393 g/mol. The molecule has 0 saturated carbocycles. The molecule has 108 valence electrons. The first-order chi connectivity index (χ1) is 8.99. The largest absolute Gasteiger partial charge is 0.490 e. The number of hydrogen-bond donors (Lipinski definition) is 1. The molecule has 1 rings (SSSR count). The van der Waals surface area contributed by atoms with E-state index in [1.807, 2.05) is 18.2 Å². The molecular weight excluding hydrogens is 370 g/mol. The van der Waals surface area contributed by atoms with Gasteiger partial charge in [-0.3, -0.25) is 0 Å². The van der Waals surface area contributed by atoms with Crippen LogP contribution in [0.15, 0.2) is 27.1 Å². The van der Waals surface area contributed by atoms with Gasteiger partial charge in [-0.1, -0.05) is 29.8 Å². The van der Waals surface area contributed by atoms with Gasteiger partial charge in [0.05, 0.1) is 10.6 Å². The van der Waals surface area contributed by atoms with E-state index in [4.69, 9.17) is 4.74 Å². The van der Waals surface area contributed by atoms with Crippen molar-refractivity contribution in [2.75, 3.05) is 13.1 Å². The topological polar surface area (TPSA) is 21.3 Å². The minimum Gasteiger partial charge on any atom is -0.490 e. The molecule has 1 unspecified atom stereocenters. The Balaban J connectivity index is 2.25. The Bertz CT molecular complexity index is 382. The first kappa shape index (κ1) is 17.0. The molecule has 0 aliphatic rings. The number of hydrogen-bond acceptors (Lipinski definition) is 2. The predicted octanol–water partition coefficient (Wildman–Crippen LogP) is 5.00. The smallest absolute Gasteiger partial charge is 0.133 e. The fourth-order valence-corrected chi connectivity index (χ4v) is 2.89. The van der Waals surface area contributed by atoms with Crippen LogP contribution in [0, 0.1) is 5.92 Å². The van der Waals surface area contributed by atoms with Gasteiger partial charge in [-0.15, -0.1) is 0 Å². The third-order valence-electron chi connectivity index (χ3n) is 2.74. The van der Waals surface area contributed by atoms with Crippen LogP contribution >= 0.6 is 31.9 Å². The van der Waals surface area contributed by atoms with E-state index in [1.54, 1.807) is 0 Å². The highest BCUT2D eigenvalue weighted by Gasteiger charge is 2.07. The standard InChI is InChI=1S/C15H23Br2NO/c1-11(2)10-18-8-4-5-12(3)19-15-7-6-13(16)9-14(15)17/h6-7,9,11-12,18H,4-5,8,10H2,1-3H3. The predicted molar refractivity (Wildman–Crippen MR) is 88.9 cm³/mol. The third-order valence-corrected chi connectivity index (χ3v) is 3.85. The summed E-state index contributed by atoms with van der Waals surface area (Å²) in [5.41, 5.74) is 0. The Hall–Kier alpha value is -0.0600. The Morgan fingerprint density at radius 3 is 2.58 bits per heavy atom. The Morgan fingerprint density at radius 1 is 1.21 bits per heavy atom. The van der Waals surface area contributed by atoms with Gasteiger partial charge in [-0.2, -0.15) is 0 Å². The monoisotopic (exact) mass is 391 g/mol. The van der Waals surface area contributed by atoms with E-state index in [-0.39, 0.29) is 6.10 Å².